The first-order chi connectivity index (χ1) is 16.9. The Balaban J connectivity index is 1.89. The number of rotatable bonds is 12. The summed E-state index contributed by atoms with van der Waals surface area (Å²) in [6.07, 6.45) is 4.64. The van der Waals surface area contributed by atoms with Crippen LogP contribution in [0.15, 0.2) is 41.2 Å². The number of hydrogen-bond donors (Lipinski definition) is 1. The number of aromatic nitrogens is 2. The average molecular weight is 499 g/mol. The van der Waals surface area contributed by atoms with Gasteiger partial charge in [0.1, 0.15) is 11.6 Å². The summed E-state index contributed by atoms with van der Waals surface area (Å²) in [6, 6.07) is 11.2. The van der Waals surface area contributed by atoms with Crippen molar-refractivity contribution in [3.05, 3.63) is 69.5 Å². The van der Waals surface area contributed by atoms with Crippen molar-refractivity contribution in [3.63, 3.8) is 0 Å². The molecule has 1 N–H and O–H groups in total. The van der Waals surface area contributed by atoms with Gasteiger partial charge in [0.25, 0.3) is 5.56 Å². The maximum absolute atomic E-state index is 14.8. The van der Waals surface area contributed by atoms with Gasteiger partial charge in [0, 0.05) is 19.0 Å². The minimum absolute atomic E-state index is 0.250. The molecule has 0 bridgehead atoms. The monoisotopic (exact) mass is 498 g/mol. The summed E-state index contributed by atoms with van der Waals surface area (Å²) >= 11 is 5.97. The largest absolute Gasteiger partial charge is 0.383 e. The van der Waals surface area contributed by atoms with Crippen LogP contribution >= 0.6 is 11.6 Å². The lowest BCUT2D eigenvalue weighted by Crippen LogP contribution is -2.26. The number of nitrogens with one attached hydrogen (secondary N) is 1. The summed E-state index contributed by atoms with van der Waals surface area (Å²) in [5, 5.41) is 3.42. The summed E-state index contributed by atoms with van der Waals surface area (Å²) in [5.74, 6) is 0.760. The standard InChI is InChI=1S/C28H36ClFN4O/c1-5-33(6-2)16-7-15-31-26-19-25-23(18-24(26)30)28(35)34(17-14-29)27(32-25)13-10-21-8-11-22(12-9-21)20(3)4/h8-13,18-20,31H,5-7,14-17H2,1-4H3/b13-10+. The molecule has 1 aromatic heterocycles. The number of alkyl halides is 1. The first-order valence-electron chi connectivity index (χ1n) is 12.4. The first-order valence-corrected chi connectivity index (χ1v) is 13.0. The Kier molecular flexibility index (Phi) is 9.87. The lowest BCUT2D eigenvalue weighted by molar-refractivity contribution is 0.303. The third-order valence-corrected chi connectivity index (χ3v) is 6.44. The van der Waals surface area contributed by atoms with E-state index in [-0.39, 0.29) is 16.8 Å². The number of anilines is 1. The number of nitrogens with zero attached hydrogens (tertiary/aromatic N) is 3. The molecule has 35 heavy (non-hydrogen) atoms. The molecule has 2 aromatic carbocycles. The van der Waals surface area contributed by atoms with Crippen LogP contribution in [0, 0.1) is 5.82 Å². The van der Waals surface area contributed by atoms with Crippen LogP contribution < -0.4 is 10.9 Å². The van der Waals surface area contributed by atoms with Gasteiger partial charge in [0.2, 0.25) is 0 Å². The van der Waals surface area contributed by atoms with E-state index in [1.165, 1.54) is 16.2 Å². The fourth-order valence-corrected chi connectivity index (χ4v) is 4.22. The molecule has 1 heterocycles. The minimum Gasteiger partial charge on any atom is -0.383 e. The van der Waals surface area contributed by atoms with Gasteiger partial charge in [-0.15, -0.1) is 11.6 Å². The molecule has 188 valence electrons. The maximum atomic E-state index is 14.8. The second-order valence-corrected chi connectivity index (χ2v) is 9.30. The molecule has 0 aliphatic heterocycles. The Hall–Kier alpha value is -2.70. The van der Waals surface area contributed by atoms with Crippen LogP contribution in [0.3, 0.4) is 0 Å². The predicted molar refractivity (Wildman–Crippen MR) is 147 cm³/mol. The second kappa shape index (κ2) is 12.8. The lowest BCUT2D eigenvalue weighted by Gasteiger charge is -2.18. The van der Waals surface area contributed by atoms with E-state index < -0.39 is 5.82 Å². The van der Waals surface area contributed by atoms with E-state index in [0.717, 1.165) is 31.6 Å². The zero-order valence-corrected chi connectivity index (χ0v) is 21.9. The van der Waals surface area contributed by atoms with Gasteiger partial charge in [0.05, 0.1) is 16.6 Å². The Morgan fingerprint density at radius 1 is 1.14 bits per heavy atom. The molecular formula is C28H36ClFN4O. The van der Waals surface area contributed by atoms with E-state index in [9.17, 15) is 9.18 Å². The van der Waals surface area contributed by atoms with E-state index in [4.69, 9.17) is 16.6 Å². The molecule has 0 amide bonds. The minimum atomic E-state index is -0.454. The van der Waals surface area contributed by atoms with Crippen molar-refractivity contribution in [2.45, 2.75) is 46.6 Å². The Morgan fingerprint density at radius 3 is 2.49 bits per heavy atom. The van der Waals surface area contributed by atoms with Crippen LogP contribution in [-0.2, 0) is 6.54 Å². The normalized spacial score (nSPS) is 11.9. The van der Waals surface area contributed by atoms with Crippen molar-refractivity contribution in [3.8, 4) is 0 Å². The van der Waals surface area contributed by atoms with E-state index in [0.29, 0.717) is 36.0 Å². The zero-order chi connectivity index (χ0) is 25.4. The molecule has 0 fully saturated rings. The van der Waals surface area contributed by atoms with Crippen LogP contribution in [0.5, 0.6) is 0 Å². The molecule has 0 unspecified atom stereocenters. The Bertz CT molecular complexity index is 1200. The summed E-state index contributed by atoms with van der Waals surface area (Å²) in [6.45, 7) is 12.5. The van der Waals surface area contributed by atoms with Crippen molar-refractivity contribution in [2.24, 2.45) is 0 Å². The van der Waals surface area contributed by atoms with Crippen LogP contribution in [0.25, 0.3) is 23.1 Å². The molecule has 0 radical (unpaired) electrons. The summed E-state index contributed by atoms with van der Waals surface area (Å²) in [7, 11) is 0. The van der Waals surface area contributed by atoms with Crippen molar-refractivity contribution < 1.29 is 4.39 Å². The third kappa shape index (κ3) is 6.92. The van der Waals surface area contributed by atoms with Crippen molar-refractivity contribution in [1.82, 2.24) is 14.5 Å². The number of benzene rings is 2. The molecule has 3 aromatic rings. The highest BCUT2D eigenvalue weighted by molar-refractivity contribution is 6.17. The molecule has 0 saturated heterocycles. The molecule has 3 rings (SSSR count). The summed E-state index contributed by atoms with van der Waals surface area (Å²) in [4.78, 5) is 20.2. The quantitative estimate of drug-likeness (QED) is 0.238. The van der Waals surface area contributed by atoms with Gasteiger partial charge in [-0.1, -0.05) is 58.0 Å². The molecule has 0 aliphatic rings. The zero-order valence-electron chi connectivity index (χ0n) is 21.2. The third-order valence-electron chi connectivity index (χ3n) is 6.27. The molecule has 0 spiro atoms. The Morgan fingerprint density at radius 2 is 1.86 bits per heavy atom. The SMILES string of the molecule is CCN(CC)CCCNc1cc2nc(/C=C/c3ccc(C(C)C)cc3)n(CCCl)c(=O)c2cc1F. The predicted octanol–water partition coefficient (Wildman–Crippen LogP) is 6.21. The van der Waals surface area contributed by atoms with Crippen molar-refractivity contribution in [1.29, 1.82) is 0 Å². The van der Waals surface area contributed by atoms with Gasteiger partial charge in [-0.3, -0.25) is 9.36 Å². The highest BCUT2D eigenvalue weighted by Crippen LogP contribution is 2.21. The molecule has 0 saturated carbocycles. The number of hydrogen-bond acceptors (Lipinski definition) is 4. The highest BCUT2D eigenvalue weighted by atomic mass is 35.5. The van der Waals surface area contributed by atoms with Crippen molar-refractivity contribution >= 4 is 40.3 Å². The molecular weight excluding hydrogens is 463 g/mol. The molecule has 5 nitrogen and oxygen atoms in total. The highest BCUT2D eigenvalue weighted by Gasteiger charge is 2.13. The van der Waals surface area contributed by atoms with Gasteiger partial charge in [-0.2, -0.15) is 0 Å². The van der Waals surface area contributed by atoms with E-state index in [2.05, 4.69) is 50.0 Å². The summed E-state index contributed by atoms with van der Waals surface area (Å²) in [5.41, 5.74) is 2.80. The van der Waals surface area contributed by atoms with Crippen molar-refractivity contribution in [2.75, 3.05) is 37.4 Å². The maximum Gasteiger partial charge on any atom is 0.261 e. The van der Waals surface area contributed by atoms with Gasteiger partial charge in [-0.25, -0.2) is 9.37 Å². The average Bonchev–Trinajstić information content (AvgIpc) is 2.86. The molecule has 0 aliphatic carbocycles. The topological polar surface area (TPSA) is 50.2 Å². The van der Waals surface area contributed by atoms with Gasteiger partial charge in [-0.05, 0) is 61.3 Å². The summed E-state index contributed by atoms with van der Waals surface area (Å²) < 4.78 is 16.3. The van der Waals surface area contributed by atoms with Crippen LogP contribution in [-0.4, -0.2) is 46.5 Å². The van der Waals surface area contributed by atoms with E-state index in [1.807, 2.05) is 24.3 Å². The van der Waals surface area contributed by atoms with Gasteiger partial charge >= 0.3 is 0 Å². The van der Waals surface area contributed by atoms with E-state index >= 15 is 0 Å². The molecule has 0 atom stereocenters. The second-order valence-electron chi connectivity index (χ2n) is 8.93. The van der Waals surface area contributed by atoms with Gasteiger partial charge < -0.3 is 10.2 Å². The number of fused-ring (bicyclic) bond motifs is 1. The lowest BCUT2D eigenvalue weighted by atomic mass is 10.0. The number of halogens is 2. The fraction of sp³-hybridized carbons (Fsp3) is 0.429. The van der Waals surface area contributed by atoms with Crippen LogP contribution in [0.1, 0.15) is 57.0 Å². The Labute approximate surface area is 212 Å². The van der Waals surface area contributed by atoms with Crippen LogP contribution in [0.4, 0.5) is 10.1 Å². The first kappa shape index (κ1) is 26.9. The fourth-order valence-electron chi connectivity index (χ4n) is 4.05. The van der Waals surface area contributed by atoms with E-state index in [1.54, 1.807) is 6.07 Å². The van der Waals surface area contributed by atoms with Crippen LogP contribution in [0.2, 0.25) is 0 Å². The van der Waals surface area contributed by atoms with Gasteiger partial charge in [0.15, 0.2) is 0 Å². The molecule has 7 heteroatoms. The smallest absolute Gasteiger partial charge is 0.261 e.